The van der Waals surface area contributed by atoms with Crippen LogP contribution in [0.15, 0.2) is 65.7 Å². The summed E-state index contributed by atoms with van der Waals surface area (Å²) in [5.74, 6) is -0.189. The van der Waals surface area contributed by atoms with Crippen LogP contribution in [0.25, 0.3) is 0 Å². The summed E-state index contributed by atoms with van der Waals surface area (Å²) in [6, 6.07) is 23.8. The van der Waals surface area contributed by atoms with Crippen molar-refractivity contribution in [3.63, 3.8) is 0 Å². The quantitative estimate of drug-likeness (QED) is 0.788. The maximum Gasteiger partial charge on any atom is 0.246 e. The number of benzene rings is 2. The van der Waals surface area contributed by atoms with E-state index in [4.69, 9.17) is 4.99 Å². The molecule has 1 spiro atoms. The Morgan fingerprint density at radius 1 is 0.909 bits per heavy atom. The number of hydrogen-bond donors (Lipinski definition) is 1. The number of aliphatic imine (C=N–C) groups is 1. The molecule has 2 heterocycles. The number of carbonyl (C=O) groups excluding carboxylic acids is 1. The van der Waals surface area contributed by atoms with Crippen molar-refractivity contribution in [2.24, 2.45) is 10.9 Å². The van der Waals surface area contributed by atoms with Gasteiger partial charge in [-0.15, -0.1) is 0 Å². The maximum absolute atomic E-state index is 12.8. The fourth-order valence-electron chi connectivity index (χ4n) is 5.70. The molecule has 1 saturated heterocycles. The first-order valence-corrected chi connectivity index (χ1v) is 12.1. The number of guanidine groups is 1. The van der Waals surface area contributed by atoms with Gasteiger partial charge in [0, 0.05) is 26.2 Å². The first-order valence-electron chi connectivity index (χ1n) is 12.1. The Hall–Kier alpha value is -3.17. The normalized spacial score (nSPS) is 23.2. The predicted molar refractivity (Wildman–Crippen MR) is 128 cm³/mol. The molecule has 1 atom stereocenters. The average Bonchev–Trinajstić information content (AvgIpc) is 2.86. The van der Waals surface area contributed by atoms with Crippen molar-refractivity contribution < 1.29 is 4.79 Å². The topological polar surface area (TPSA) is 71.7 Å². The number of nitrogens with zero attached hydrogens (tertiary/aromatic N) is 4. The molecule has 1 amide bonds. The molecule has 0 aromatic heterocycles. The monoisotopic (exact) mass is 441 g/mol. The molecule has 1 N–H and O–H groups in total. The van der Waals surface area contributed by atoms with Crippen LogP contribution in [0.5, 0.6) is 0 Å². The van der Waals surface area contributed by atoms with Crippen molar-refractivity contribution in [3.05, 3.63) is 71.8 Å². The highest BCUT2D eigenvalue weighted by atomic mass is 16.2. The van der Waals surface area contributed by atoms with E-state index in [1.54, 1.807) is 0 Å². The summed E-state index contributed by atoms with van der Waals surface area (Å²) in [4.78, 5) is 22.6. The van der Waals surface area contributed by atoms with E-state index in [1.165, 1.54) is 11.1 Å². The number of hydrogen-bond acceptors (Lipinski definition) is 5. The summed E-state index contributed by atoms with van der Waals surface area (Å²) < 4.78 is 0. The summed E-state index contributed by atoms with van der Waals surface area (Å²) in [6.45, 7) is 3.33. The molecule has 1 unspecified atom stereocenters. The Morgan fingerprint density at radius 2 is 1.48 bits per heavy atom. The van der Waals surface area contributed by atoms with Gasteiger partial charge in [0.1, 0.15) is 0 Å². The molecular formula is C27H31N5O. The summed E-state index contributed by atoms with van der Waals surface area (Å²) in [5, 5.41) is 12.6. The third kappa shape index (κ3) is 4.26. The lowest BCUT2D eigenvalue weighted by Crippen LogP contribution is -2.60. The molecule has 5 rings (SSSR count). The second kappa shape index (κ2) is 9.36. The predicted octanol–water partition coefficient (Wildman–Crippen LogP) is 3.72. The van der Waals surface area contributed by atoms with E-state index in [0.717, 1.165) is 58.3 Å². The second-order valence-corrected chi connectivity index (χ2v) is 9.40. The molecule has 2 fully saturated rings. The summed E-state index contributed by atoms with van der Waals surface area (Å²) in [7, 11) is 0. The molecule has 1 aliphatic carbocycles. The largest absolute Gasteiger partial charge is 0.340 e. The zero-order valence-electron chi connectivity index (χ0n) is 19.0. The molecule has 2 aliphatic heterocycles. The standard InChI is InChI=1S/C27H31N5O/c28-20-23-25(33)29-26(30-27(23)14-8-3-9-15-27)32-18-16-31(17-19-32)24(21-10-4-1-5-11-21)22-12-6-2-7-13-22/h1-2,4-7,10-13,23-24H,3,8-9,14-19H2,(H,29,30,33). The van der Waals surface area contributed by atoms with Crippen LogP contribution < -0.4 is 5.32 Å². The van der Waals surface area contributed by atoms with Gasteiger partial charge >= 0.3 is 0 Å². The molecular weight excluding hydrogens is 410 g/mol. The molecule has 0 radical (unpaired) electrons. The number of amides is 1. The Morgan fingerprint density at radius 3 is 2.03 bits per heavy atom. The SMILES string of the molecule is N#CC1C(=O)NC(N2CCN(C(c3ccccc3)c3ccccc3)CC2)=NC12CCCCC2. The zero-order valence-corrected chi connectivity index (χ0v) is 19.0. The Bertz CT molecular complexity index is 992. The van der Waals surface area contributed by atoms with Crippen LogP contribution in [-0.2, 0) is 4.79 Å². The Kier molecular flexibility index (Phi) is 6.15. The van der Waals surface area contributed by atoms with Gasteiger partial charge in [0.15, 0.2) is 5.92 Å². The van der Waals surface area contributed by atoms with Crippen molar-refractivity contribution in [2.45, 2.75) is 43.7 Å². The highest BCUT2D eigenvalue weighted by Crippen LogP contribution is 2.40. The third-order valence-corrected chi connectivity index (χ3v) is 7.42. The average molecular weight is 442 g/mol. The van der Waals surface area contributed by atoms with Gasteiger partial charge in [-0.05, 0) is 24.0 Å². The zero-order chi connectivity index (χ0) is 22.7. The smallest absolute Gasteiger partial charge is 0.246 e. The number of nitriles is 1. The lowest BCUT2D eigenvalue weighted by molar-refractivity contribution is -0.125. The van der Waals surface area contributed by atoms with E-state index < -0.39 is 11.5 Å². The van der Waals surface area contributed by atoms with Gasteiger partial charge in [0.2, 0.25) is 11.9 Å². The highest BCUT2D eigenvalue weighted by molar-refractivity contribution is 6.02. The summed E-state index contributed by atoms with van der Waals surface area (Å²) >= 11 is 0. The molecule has 6 heteroatoms. The van der Waals surface area contributed by atoms with Crippen LogP contribution in [-0.4, -0.2) is 53.4 Å². The van der Waals surface area contributed by atoms with Crippen molar-refractivity contribution in [2.75, 3.05) is 26.2 Å². The van der Waals surface area contributed by atoms with Crippen LogP contribution in [0.1, 0.15) is 49.3 Å². The van der Waals surface area contributed by atoms with Gasteiger partial charge in [0.25, 0.3) is 0 Å². The molecule has 33 heavy (non-hydrogen) atoms. The number of nitrogens with one attached hydrogen (secondary N) is 1. The van der Waals surface area contributed by atoms with Crippen molar-refractivity contribution in [3.8, 4) is 6.07 Å². The Balaban J connectivity index is 1.36. The van der Waals surface area contributed by atoms with Gasteiger partial charge < -0.3 is 4.90 Å². The second-order valence-electron chi connectivity index (χ2n) is 9.40. The van der Waals surface area contributed by atoms with Crippen molar-refractivity contribution >= 4 is 11.9 Å². The van der Waals surface area contributed by atoms with Crippen molar-refractivity contribution in [1.82, 2.24) is 15.1 Å². The van der Waals surface area contributed by atoms with Crippen LogP contribution in [0.3, 0.4) is 0 Å². The number of rotatable bonds is 3. The highest BCUT2D eigenvalue weighted by Gasteiger charge is 2.48. The number of piperazine rings is 1. The molecule has 2 aromatic rings. The van der Waals surface area contributed by atoms with E-state index in [2.05, 4.69) is 81.8 Å². The fraction of sp³-hybridized carbons (Fsp3) is 0.444. The van der Waals surface area contributed by atoms with Gasteiger partial charge in [-0.2, -0.15) is 5.26 Å². The minimum atomic E-state index is -0.677. The van der Waals surface area contributed by atoms with Crippen LogP contribution in [0, 0.1) is 17.2 Å². The molecule has 2 aromatic carbocycles. The van der Waals surface area contributed by atoms with Crippen LogP contribution in [0.4, 0.5) is 0 Å². The lowest BCUT2D eigenvalue weighted by Gasteiger charge is -2.45. The molecule has 0 bridgehead atoms. The summed E-state index contributed by atoms with van der Waals surface area (Å²) in [5.41, 5.74) is 2.04. The molecule has 6 nitrogen and oxygen atoms in total. The van der Waals surface area contributed by atoms with Gasteiger partial charge in [0.05, 0.1) is 17.6 Å². The first kappa shape index (κ1) is 21.7. The van der Waals surface area contributed by atoms with Gasteiger partial charge in [-0.25, -0.2) is 4.99 Å². The van der Waals surface area contributed by atoms with Crippen LogP contribution in [0.2, 0.25) is 0 Å². The van der Waals surface area contributed by atoms with Crippen LogP contribution >= 0.6 is 0 Å². The number of carbonyl (C=O) groups is 1. The first-order chi connectivity index (χ1) is 16.2. The fourth-order valence-corrected chi connectivity index (χ4v) is 5.70. The van der Waals surface area contributed by atoms with Gasteiger partial charge in [-0.1, -0.05) is 79.9 Å². The lowest BCUT2D eigenvalue weighted by atomic mass is 9.72. The van der Waals surface area contributed by atoms with E-state index in [1.807, 2.05) is 0 Å². The molecule has 1 saturated carbocycles. The third-order valence-electron chi connectivity index (χ3n) is 7.42. The van der Waals surface area contributed by atoms with E-state index in [-0.39, 0.29) is 11.9 Å². The van der Waals surface area contributed by atoms with E-state index in [0.29, 0.717) is 5.96 Å². The molecule has 170 valence electrons. The maximum atomic E-state index is 12.8. The van der Waals surface area contributed by atoms with Gasteiger partial charge in [-0.3, -0.25) is 15.0 Å². The van der Waals surface area contributed by atoms with E-state index in [9.17, 15) is 10.1 Å². The Labute approximate surface area is 195 Å². The minimum Gasteiger partial charge on any atom is -0.340 e. The van der Waals surface area contributed by atoms with E-state index >= 15 is 0 Å². The summed E-state index contributed by atoms with van der Waals surface area (Å²) in [6.07, 6.45) is 4.88. The molecule has 3 aliphatic rings. The van der Waals surface area contributed by atoms with Crippen molar-refractivity contribution in [1.29, 1.82) is 5.26 Å². The minimum absolute atomic E-state index is 0.182.